The highest BCUT2D eigenvalue weighted by Gasteiger charge is 2.24. The average molecular weight is 385 g/mol. The van der Waals surface area contributed by atoms with Gasteiger partial charge in [-0.05, 0) is 35.8 Å². The molecule has 0 fully saturated rings. The van der Waals surface area contributed by atoms with Crippen LogP contribution >= 0.6 is 22.7 Å². The van der Waals surface area contributed by atoms with Crippen molar-refractivity contribution in [2.24, 2.45) is 0 Å². The summed E-state index contributed by atoms with van der Waals surface area (Å²) in [7, 11) is 0. The Bertz CT molecular complexity index is 838. The zero-order valence-corrected chi connectivity index (χ0v) is 17.0. The highest BCUT2D eigenvalue weighted by atomic mass is 32.1. The molecule has 136 valence electrons. The number of thiophene rings is 1. The molecule has 0 saturated heterocycles. The standard InChI is InChI=1S/C21H24N2OS2/c1-15(12-21(2,3)17-7-5-4-6-8-17)22-19(24)11-18-14-26-20(23-18)16-9-10-25-13-16/h4-10,13-15H,11-12H2,1-3H3,(H,22,24). The summed E-state index contributed by atoms with van der Waals surface area (Å²) in [5.41, 5.74) is 3.27. The van der Waals surface area contributed by atoms with Crippen molar-refractivity contribution in [1.29, 1.82) is 0 Å². The van der Waals surface area contributed by atoms with Crippen molar-refractivity contribution in [3.63, 3.8) is 0 Å². The number of carbonyl (C=O) groups is 1. The fraction of sp³-hybridized carbons (Fsp3) is 0.333. The van der Waals surface area contributed by atoms with Crippen LogP contribution in [0.3, 0.4) is 0 Å². The van der Waals surface area contributed by atoms with E-state index < -0.39 is 0 Å². The number of carbonyl (C=O) groups excluding carboxylic acids is 1. The minimum atomic E-state index is 0.0146. The molecule has 0 saturated carbocycles. The smallest absolute Gasteiger partial charge is 0.226 e. The van der Waals surface area contributed by atoms with Gasteiger partial charge >= 0.3 is 0 Å². The topological polar surface area (TPSA) is 42.0 Å². The largest absolute Gasteiger partial charge is 0.353 e. The van der Waals surface area contributed by atoms with Crippen molar-refractivity contribution in [2.45, 2.75) is 45.1 Å². The van der Waals surface area contributed by atoms with Crippen LogP contribution in [-0.2, 0) is 16.6 Å². The summed E-state index contributed by atoms with van der Waals surface area (Å²) >= 11 is 3.25. The molecule has 1 unspecified atom stereocenters. The van der Waals surface area contributed by atoms with Crippen LogP contribution in [0.1, 0.15) is 38.4 Å². The van der Waals surface area contributed by atoms with Gasteiger partial charge < -0.3 is 5.32 Å². The lowest BCUT2D eigenvalue weighted by molar-refractivity contribution is -0.121. The van der Waals surface area contributed by atoms with Gasteiger partial charge in [0.2, 0.25) is 5.91 Å². The highest BCUT2D eigenvalue weighted by Crippen LogP contribution is 2.28. The summed E-state index contributed by atoms with van der Waals surface area (Å²) < 4.78 is 0. The number of hydrogen-bond donors (Lipinski definition) is 1. The Balaban J connectivity index is 1.55. The molecule has 1 aromatic carbocycles. The summed E-state index contributed by atoms with van der Waals surface area (Å²) in [4.78, 5) is 17.0. The van der Waals surface area contributed by atoms with E-state index in [0.29, 0.717) is 6.42 Å². The first-order chi connectivity index (χ1) is 12.4. The van der Waals surface area contributed by atoms with E-state index in [9.17, 15) is 4.79 Å². The van der Waals surface area contributed by atoms with Gasteiger partial charge in [-0.3, -0.25) is 4.79 Å². The van der Waals surface area contributed by atoms with Crippen LogP contribution in [0.2, 0.25) is 0 Å². The second-order valence-electron chi connectivity index (χ2n) is 7.26. The molecule has 0 radical (unpaired) electrons. The summed E-state index contributed by atoms with van der Waals surface area (Å²) in [6.07, 6.45) is 1.22. The van der Waals surface area contributed by atoms with Crippen molar-refractivity contribution >= 4 is 28.6 Å². The van der Waals surface area contributed by atoms with Gasteiger partial charge in [-0.25, -0.2) is 4.98 Å². The van der Waals surface area contributed by atoms with Gasteiger partial charge in [0, 0.05) is 22.4 Å². The van der Waals surface area contributed by atoms with E-state index in [4.69, 9.17) is 0 Å². The molecular formula is C21H24N2OS2. The van der Waals surface area contributed by atoms with Crippen LogP contribution in [0.5, 0.6) is 0 Å². The van der Waals surface area contributed by atoms with Gasteiger partial charge in [0.1, 0.15) is 5.01 Å². The normalized spacial score (nSPS) is 12.7. The summed E-state index contributed by atoms with van der Waals surface area (Å²) in [5.74, 6) is 0.0310. The lowest BCUT2D eigenvalue weighted by atomic mass is 9.79. The first-order valence-electron chi connectivity index (χ1n) is 8.76. The molecule has 1 atom stereocenters. The number of amides is 1. The maximum absolute atomic E-state index is 12.4. The van der Waals surface area contributed by atoms with Crippen LogP contribution in [0.15, 0.2) is 52.5 Å². The van der Waals surface area contributed by atoms with Gasteiger partial charge in [-0.1, -0.05) is 44.2 Å². The highest BCUT2D eigenvalue weighted by molar-refractivity contribution is 7.14. The fourth-order valence-corrected chi connectivity index (χ4v) is 4.75. The van der Waals surface area contributed by atoms with E-state index in [-0.39, 0.29) is 17.4 Å². The molecule has 0 bridgehead atoms. The Morgan fingerprint density at radius 3 is 2.65 bits per heavy atom. The SMILES string of the molecule is CC(CC(C)(C)c1ccccc1)NC(=O)Cc1csc(-c2ccsc2)n1. The third kappa shape index (κ3) is 4.80. The molecule has 3 rings (SSSR count). The molecule has 2 aromatic heterocycles. The van der Waals surface area contributed by atoms with E-state index in [1.54, 1.807) is 22.7 Å². The molecule has 0 aliphatic rings. The summed E-state index contributed by atoms with van der Waals surface area (Å²) in [6, 6.07) is 12.6. The quantitative estimate of drug-likeness (QED) is 0.601. The predicted molar refractivity (Wildman–Crippen MR) is 111 cm³/mol. The van der Waals surface area contributed by atoms with Crippen LogP contribution in [0, 0.1) is 0 Å². The molecule has 2 heterocycles. The third-order valence-electron chi connectivity index (χ3n) is 4.44. The van der Waals surface area contributed by atoms with Crippen LogP contribution in [-0.4, -0.2) is 16.9 Å². The monoisotopic (exact) mass is 384 g/mol. The lowest BCUT2D eigenvalue weighted by Gasteiger charge is -2.29. The second-order valence-corrected chi connectivity index (χ2v) is 8.89. The number of benzene rings is 1. The maximum Gasteiger partial charge on any atom is 0.226 e. The maximum atomic E-state index is 12.4. The van der Waals surface area contributed by atoms with Crippen molar-refractivity contribution in [3.05, 3.63) is 63.8 Å². The minimum Gasteiger partial charge on any atom is -0.353 e. The second kappa shape index (κ2) is 8.14. The Morgan fingerprint density at radius 1 is 1.19 bits per heavy atom. The van der Waals surface area contributed by atoms with Gasteiger partial charge in [-0.15, -0.1) is 11.3 Å². The van der Waals surface area contributed by atoms with Crippen LogP contribution < -0.4 is 5.32 Å². The molecule has 0 aliphatic heterocycles. The van der Waals surface area contributed by atoms with Crippen molar-refractivity contribution in [2.75, 3.05) is 0 Å². The fourth-order valence-electron chi connectivity index (χ4n) is 3.22. The van der Waals surface area contributed by atoms with Gasteiger partial charge in [0.15, 0.2) is 0 Å². The van der Waals surface area contributed by atoms with Crippen molar-refractivity contribution < 1.29 is 4.79 Å². The van der Waals surface area contributed by atoms with Gasteiger partial charge in [-0.2, -0.15) is 11.3 Å². The Kier molecular flexibility index (Phi) is 5.89. The molecular weight excluding hydrogens is 360 g/mol. The number of thiazole rings is 1. The average Bonchev–Trinajstić information content (AvgIpc) is 3.26. The number of nitrogens with zero attached hydrogens (tertiary/aromatic N) is 1. The van der Waals surface area contributed by atoms with E-state index in [0.717, 1.165) is 22.7 Å². The molecule has 1 amide bonds. The molecule has 3 aromatic rings. The molecule has 0 spiro atoms. The van der Waals surface area contributed by atoms with Crippen molar-refractivity contribution in [1.82, 2.24) is 10.3 Å². The molecule has 3 nitrogen and oxygen atoms in total. The lowest BCUT2D eigenvalue weighted by Crippen LogP contribution is -2.38. The number of nitrogens with one attached hydrogen (secondary N) is 1. The first-order valence-corrected chi connectivity index (χ1v) is 10.6. The van der Waals surface area contributed by atoms with E-state index in [2.05, 4.69) is 66.8 Å². The first kappa shape index (κ1) is 18.8. The third-order valence-corrected chi connectivity index (χ3v) is 6.06. The molecule has 1 N–H and O–H groups in total. The number of aromatic nitrogens is 1. The Morgan fingerprint density at radius 2 is 1.96 bits per heavy atom. The zero-order chi connectivity index (χ0) is 18.6. The molecule has 0 aliphatic carbocycles. The zero-order valence-electron chi connectivity index (χ0n) is 15.4. The molecule has 5 heteroatoms. The Hall–Kier alpha value is -1.98. The minimum absolute atomic E-state index is 0.0146. The predicted octanol–water partition coefficient (Wildman–Crippen LogP) is 5.29. The van der Waals surface area contributed by atoms with Crippen LogP contribution in [0.4, 0.5) is 0 Å². The van der Waals surface area contributed by atoms with E-state index >= 15 is 0 Å². The van der Waals surface area contributed by atoms with E-state index in [1.807, 2.05) is 16.8 Å². The summed E-state index contributed by atoms with van der Waals surface area (Å²) in [6.45, 7) is 6.51. The van der Waals surface area contributed by atoms with Gasteiger partial charge in [0.25, 0.3) is 0 Å². The van der Waals surface area contributed by atoms with Crippen molar-refractivity contribution in [3.8, 4) is 10.6 Å². The van der Waals surface area contributed by atoms with E-state index in [1.165, 1.54) is 5.56 Å². The Labute approximate surface area is 163 Å². The molecule has 26 heavy (non-hydrogen) atoms. The number of hydrogen-bond acceptors (Lipinski definition) is 4. The summed E-state index contributed by atoms with van der Waals surface area (Å²) in [5, 5.41) is 10.2. The van der Waals surface area contributed by atoms with Crippen LogP contribution in [0.25, 0.3) is 10.6 Å². The number of rotatable bonds is 7. The van der Waals surface area contributed by atoms with Gasteiger partial charge in [0.05, 0.1) is 12.1 Å².